The number of benzene rings is 2. The lowest BCUT2D eigenvalue weighted by molar-refractivity contribution is -0.385. The fraction of sp³-hybridized carbons (Fsp3) is 0.0769. The van der Waals surface area contributed by atoms with Crippen molar-refractivity contribution in [1.82, 2.24) is 0 Å². The molecule has 0 spiro atoms. The van der Waals surface area contributed by atoms with Gasteiger partial charge in [-0.15, -0.1) is 0 Å². The van der Waals surface area contributed by atoms with E-state index in [0.29, 0.717) is 5.75 Å². The summed E-state index contributed by atoms with van der Waals surface area (Å²) in [6.07, 6.45) is 0. The van der Waals surface area contributed by atoms with Gasteiger partial charge in [0.25, 0.3) is 0 Å². The van der Waals surface area contributed by atoms with Crippen molar-refractivity contribution in [3.63, 3.8) is 0 Å². The molecule has 2 aromatic rings. The van der Waals surface area contributed by atoms with Crippen LogP contribution < -0.4 is 4.74 Å². The number of rotatable bonds is 3. The Morgan fingerprint density at radius 1 is 1.26 bits per heavy atom. The lowest BCUT2D eigenvalue weighted by atomic mass is 10.2. The number of hydrogen-bond acceptors (Lipinski definition) is 3. The predicted molar refractivity (Wildman–Crippen MR) is 77.1 cm³/mol. The molecule has 0 N–H and O–H groups in total. The van der Waals surface area contributed by atoms with Crippen molar-refractivity contribution in [1.29, 1.82) is 0 Å². The molecule has 0 unspecified atom stereocenters. The van der Waals surface area contributed by atoms with Gasteiger partial charge in [-0.2, -0.15) is 0 Å². The summed E-state index contributed by atoms with van der Waals surface area (Å²) in [5.74, 6) is 0.609. The van der Waals surface area contributed by atoms with Crippen LogP contribution in [0.2, 0.25) is 5.02 Å². The molecule has 0 atom stereocenters. The molecule has 0 radical (unpaired) electrons. The highest BCUT2D eigenvalue weighted by atomic mass is 79.9. The van der Waals surface area contributed by atoms with Crippen LogP contribution in [0.15, 0.2) is 40.9 Å². The third kappa shape index (κ3) is 3.05. The fourth-order valence-electron chi connectivity index (χ4n) is 1.56. The monoisotopic (exact) mass is 341 g/mol. The molecule has 2 rings (SSSR count). The largest absolute Gasteiger partial charge is 0.449 e. The third-order valence-corrected chi connectivity index (χ3v) is 3.36. The lowest BCUT2D eigenvalue weighted by Gasteiger charge is -2.09. The fourth-order valence-corrected chi connectivity index (χ4v) is 2.37. The second-order valence-corrected chi connectivity index (χ2v) is 5.14. The van der Waals surface area contributed by atoms with Crippen LogP contribution in [-0.2, 0) is 0 Å². The van der Waals surface area contributed by atoms with Crippen molar-refractivity contribution >= 4 is 33.2 Å². The smallest absolute Gasteiger partial charge is 0.329 e. The predicted octanol–water partition coefficient (Wildman–Crippen LogP) is 5.11. The van der Waals surface area contributed by atoms with Gasteiger partial charge in [-0.3, -0.25) is 10.1 Å². The minimum absolute atomic E-state index is 0.0470. The van der Waals surface area contributed by atoms with Crippen LogP contribution in [0.4, 0.5) is 5.69 Å². The first kappa shape index (κ1) is 13.8. The van der Waals surface area contributed by atoms with Gasteiger partial charge in [0.15, 0.2) is 0 Å². The normalized spacial score (nSPS) is 10.3. The van der Waals surface area contributed by atoms with Gasteiger partial charge in [-0.1, -0.05) is 23.7 Å². The van der Waals surface area contributed by atoms with Crippen LogP contribution >= 0.6 is 27.5 Å². The summed E-state index contributed by atoms with van der Waals surface area (Å²) in [6, 6.07) is 10.0. The molecule has 0 bridgehead atoms. The van der Waals surface area contributed by atoms with E-state index in [1.165, 1.54) is 12.1 Å². The Labute approximate surface area is 123 Å². The number of aryl methyl sites for hydroxylation is 1. The van der Waals surface area contributed by atoms with E-state index in [0.717, 1.165) is 10.0 Å². The second kappa shape index (κ2) is 5.59. The van der Waals surface area contributed by atoms with E-state index in [1.807, 2.05) is 19.1 Å². The molecule has 6 heteroatoms. The molecular weight excluding hydrogens is 334 g/mol. The van der Waals surface area contributed by atoms with Crippen LogP contribution in [0.1, 0.15) is 5.56 Å². The maximum atomic E-state index is 11.0. The van der Waals surface area contributed by atoms with Crippen molar-refractivity contribution in [2.24, 2.45) is 0 Å². The van der Waals surface area contributed by atoms with Gasteiger partial charge >= 0.3 is 5.69 Å². The van der Waals surface area contributed by atoms with Crippen molar-refractivity contribution in [2.75, 3.05) is 0 Å². The van der Waals surface area contributed by atoms with E-state index in [4.69, 9.17) is 16.3 Å². The van der Waals surface area contributed by atoms with Crippen LogP contribution in [0.25, 0.3) is 0 Å². The molecule has 2 aromatic carbocycles. The van der Waals surface area contributed by atoms with Gasteiger partial charge in [-0.25, -0.2) is 0 Å². The van der Waals surface area contributed by atoms with E-state index in [9.17, 15) is 10.1 Å². The number of para-hydroxylation sites is 1. The van der Waals surface area contributed by atoms with Gasteiger partial charge in [0, 0.05) is 0 Å². The second-order valence-electron chi connectivity index (χ2n) is 3.88. The molecule has 0 saturated heterocycles. The Kier molecular flexibility index (Phi) is 4.07. The maximum Gasteiger partial charge on any atom is 0.329 e. The van der Waals surface area contributed by atoms with Crippen LogP contribution in [-0.4, -0.2) is 4.92 Å². The zero-order valence-electron chi connectivity index (χ0n) is 9.89. The molecule has 0 amide bonds. The first-order chi connectivity index (χ1) is 8.99. The number of nitro groups is 1. The standard InChI is InChI=1S/C13H9BrClNO3/c1-8-5-6-11(9(14)7-8)19-12-4-2-3-10(15)13(12)16(17)18/h2-7H,1H3. The van der Waals surface area contributed by atoms with Crippen molar-refractivity contribution in [3.05, 3.63) is 61.6 Å². The van der Waals surface area contributed by atoms with Crippen LogP contribution in [0.5, 0.6) is 11.5 Å². The van der Waals surface area contributed by atoms with Crippen LogP contribution in [0, 0.1) is 17.0 Å². The van der Waals surface area contributed by atoms with Gasteiger partial charge < -0.3 is 4.74 Å². The molecule has 0 aliphatic rings. The van der Waals surface area contributed by atoms with Crippen LogP contribution in [0.3, 0.4) is 0 Å². The summed E-state index contributed by atoms with van der Waals surface area (Å²) in [5.41, 5.74) is 0.816. The van der Waals surface area contributed by atoms with E-state index in [-0.39, 0.29) is 16.5 Å². The third-order valence-electron chi connectivity index (χ3n) is 2.44. The molecule has 0 heterocycles. The molecule has 19 heavy (non-hydrogen) atoms. The number of nitro benzene ring substituents is 1. The van der Waals surface area contributed by atoms with E-state index >= 15 is 0 Å². The topological polar surface area (TPSA) is 52.4 Å². The quantitative estimate of drug-likeness (QED) is 0.575. The number of ether oxygens (including phenoxy) is 1. The first-order valence-electron chi connectivity index (χ1n) is 5.36. The Bertz CT molecular complexity index is 646. The van der Waals surface area contributed by atoms with Crippen molar-refractivity contribution in [3.8, 4) is 11.5 Å². The zero-order valence-corrected chi connectivity index (χ0v) is 12.2. The number of nitrogens with zero attached hydrogens (tertiary/aromatic N) is 1. The van der Waals surface area contributed by atoms with Crippen molar-refractivity contribution < 1.29 is 9.66 Å². The highest BCUT2D eigenvalue weighted by Gasteiger charge is 2.20. The Hall–Kier alpha value is -1.59. The summed E-state index contributed by atoms with van der Waals surface area (Å²) >= 11 is 9.18. The Morgan fingerprint density at radius 3 is 2.63 bits per heavy atom. The first-order valence-corrected chi connectivity index (χ1v) is 6.53. The van der Waals surface area contributed by atoms with Gasteiger partial charge in [0.2, 0.25) is 5.75 Å². The SMILES string of the molecule is Cc1ccc(Oc2cccc(Cl)c2[N+](=O)[O-])c(Br)c1. The highest BCUT2D eigenvalue weighted by Crippen LogP contribution is 2.39. The molecule has 4 nitrogen and oxygen atoms in total. The highest BCUT2D eigenvalue weighted by molar-refractivity contribution is 9.10. The lowest BCUT2D eigenvalue weighted by Crippen LogP contribution is -1.94. The van der Waals surface area contributed by atoms with E-state index in [1.54, 1.807) is 12.1 Å². The average Bonchev–Trinajstić information content (AvgIpc) is 2.32. The van der Waals surface area contributed by atoms with Gasteiger partial charge in [0.1, 0.15) is 10.8 Å². The maximum absolute atomic E-state index is 11.0. The van der Waals surface area contributed by atoms with Gasteiger partial charge in [-0.05, 0) is 52.7 Å². The molecule has 0 aliphatic carbocycles. The Balaban J connectivity index is 2.44. The van der Waals surface area contributed by atoms with E-state index in [2.05, 4.69) is 15.9 Å². The molecule has 98 valence electrons. The minimum Gasteiger partial charge on any atom is -0.449 e. The van der Waals surface area contributed by atoms with Gasteiger partial charge in [0.05, 0.1) is 9.40 Å². The number of halogens is 2. The van der Waals surface area contributed by atoms with Crippen molar-refractivity contribution in [2.45, 2.75) is 6.92 Å². The van der Waals surface area contributed by atoms with E-state index < -0.39 is 4.92 Å². The summed E-state index contributed by atoms with van der Waals surface area (Å²) in [6.45, 7) is 1.94. The summed E-state index contributed by atoms with van der Waals surface area (Å²) < 4.78 is 6.29. The zero-order chi connectivity index (χ0) is 14.0. The average molecular weight is 343 g/mol. The molecular formula is C13H9BrClNO3. The Morgan fingerprint density at radius 2 is 2.00 bits per heavy atom. The molecule has 0 aliphatic heterocycles. The molecule has 0 fully saturated rings. The summed E-state index contributed by atoms with van der Waals surface area (Å²) in [5, 5.41) is 11.0. The molecule has 0 saturated carbocycles. The molecule has 0 aromatic heterocycles. The summed E-state index contributed by atoms with van der Waals surface area (Å²) in [4.78, 5) is 10.4. The number of hydrogen-bond donors (Lipinski definition) is 0. The minimum atomic E-state index is -0.556. The summed E-state index contributed by atoms with van der Waals surface area (Å²) in [7, 11) is 0.